The van der Waals surface area contributed by atoms with Crippen molar-refractivity contribution in [1.29, 1.82) is 0 Å². The van der Waals surface area contributed by atoms with E-state index in [1.165, 1.54) is 31.2 Å². The molecule has 2 nitrogen and oxygen atoms in total. The van der Waals surface area contributed by atoms with Gasteiger partial charge in [0.25, 0.3) is 0 Å². The first-order chi connectivity index (χ1) is 9.79. The molecule has 0 radical (unpaired) electrons. The lowest BCUT2D eigenvalue weighted by molar-refractivity contribution is 0.157. The van der Waals surface area contributed by atoms with E-state index in [4.69, 9.17) is 4.74 Å². The molecule has 1 aromatic carbocycles. The number of ether oxygens (including phenoxy) is 1. The quantitative estimate of drug-likeness (QED) is 0.609. The van der Waals surface area contributed by atoms with Crippen molar-refractivity contribution >= 4 is 6.08 Å². The van der Waals surface area contributed by atoms with Gasteiger partial charge in [-0.15, -0.1) is 0 Å². The van der Waals surface area contributed by atoms with Crippen LogP contribution in [0.15, 0.2) is 36.4 Å². The standard InChI is InChI=1S/C18H29NO/c1-17(2)19-14-8-3-4-9-15-20-16-10-13-18-11-6-5-7-12-18/h5-7,10-13,17,19H,3-4,8-9,14-16H2,1-2H3. The fourth-order valence-corrected chi connectivity index (χ4v) is 1.97. The monoisotopic (exact) mass is 275 g/mol. The van der Waals surface area contributed by atoms with Gasteiger partial charge in [0.05, 0.1) is 6.61 Å². The van der Waals surface area contributed by atoms with E-state index in [-0.39, 0.29) is 0 Å². The van der Waals surface area contributed by atoms with E-state index in [2.05, 4.69) is 55.6 Å². The van der Waals surface area contributed by atoms with Crippen LogP contribution in [0.1, 0.15) is 45.1 Å². The molecular weight excluding hydrogens is 246 g/mol. The largest absolute Gasteiger partial charge is 0.377 e. The fourth-order valence-electron chi connectivity index (χ4n) is 1.97. The van der Waals surface area contributed by atoms with Gasteiger partial charge in [0.15, 0.2) is 0 Å². The Labute approximate surface area is 124 Å². The Hall–Kier alpha value is -1.12. The topological polar surface area (TPSA) is 21.3 Å². The normalized spacial score (nSPS) is 11.6. The zero-order valence-corrected chi connectivity index (χ0v) is 13.0. The SMILES string of the molecule is CC(C)NCCCCCCOCC=Cc1ccccc1. The molecule has 0 amide bonds. The van der Waals surface area contributed by atoms with Crippen molar-refractivity contribution in [1.82, 2.24) is 5.32 Å². The molecule has 0 aliphatic heterocycles. The molecular formula is C18H29NO. The molecule has 0 spiro atoms. The zero-order chi connectivity index (χ0) is 14.5. The highest BCUT2D eigenvalue weighted by atomic mass is 16.5. The van der Waals surface area contributed by atoms with Crippen LogP contribution in [0, 0.1) is 0 Å². The van der Waals surface area contributed by atoms with Crippen molar-refractivity contribution in [2.45, 2.75) is 45.6 Å². The molecule has 1 aromatic rings. The van der Waals surface area contributed by atoms with Crippen LogP contribution in [-0.2, 0) is 4.74 Å². The lowest BCUT2D eigenvalue weighted by Gasteiger charge is -2.07. The van der Waals surface area contributed by atoms with Crippen LogP contribution in [0.3, 0.4) is 0 Å². The summed E-state index contributed by atoms with van der Waals surface area (Å²) in [5.74, 6) is 0. The smallest absolute Gasteiger partial charge is 0.0650 e. The summed E-state index contributed by atoms with van der Waals surface area (Å²) in [6, 6.07) is 10.9. The van der Waals surface area contributed by atoms with Crippen molar-refractivity contribution in [3.63, 3.8) is 0 Å². The van der Waals surface area contributed by atoms with Gasteiger partial charge in [-0.3, -0.25) is 0 Å². The third-order valence-electron chi connectivity index (χ3n) is 3.09. The highest BCUT2D eigenvalue weighted by Gasteiger charge is 1.93. The molecule has 1 rings (SSSR count). The third-order valence-corrected chi connectivity index (χ3v) is 3.09. The summed E-state index contributed by atoms with van der Waals surface area (Å²) in [5.41, 5.74) is 1.23. The van der Waals surface area contributed by atoms with Gasteiger partial charge in [0.2, 0.25) is 0 Å². The van der Waals surface area contributed by atoms with Gasteiger partial charge in [0.1, 0.15) is 0 Å². The Morgan fingerprint density at radius 3 is 2.55 bits per heavy atom. The molecule has 0 aliphatic rings. The minimum Gasteiger partial charge on any atom is -0.377 e. The van der Waals surface area contributed by atoms with Crippen LogP contribution in [0.25, 0.3) is 6.08 Å². The molecule has 0 aromatic heterocycles. The number of nitrogens with one attached hydrogen (secondary N) is 1. The Bertz CT molecular complexity index is 346. The summed E-state index contributed by atoms with van der Waals surface area (Å²) in [4.78, 5) is 0. The number of benzene rings is 1. The van der Waals surface area contributed by atoms with E-state index < -0.39 is 0 Å². The predicted octanol–water partition coefficient (Wildman–Crippen LogP) is 4.27. The first-order valence-corrected chi connectivity index (χ1v) is 7.82. The molecule has 0 heterocycles. The highest BCUT2D eigenvalue weighted by molar-refractivity contribution is 5.48. The van der Waals surface area contributed by atoms with Crippen molar-refractivity contribution in [2.24, 2.45) is 0 Å². The van der Waals surface area contributed by atoms with Crippen molar-refractivity contribution < 1.29 is 4.74 Å². The number of hydrogen-bond acceptors (Lipinski definition) is 2. The third kappa shape index (κ3) is 9.76. The summed E-state index contributed by atoms with van der Waals surface area (Å²) in [5, 5.41) is 3.44. The molecule has 20 heavy (non-hydrogen) atoms. The van der Waals surface area contributed by atoms with Gasteiger partial charge >= 0.3 is 0 Å². The van der Waals surface area contributed by atoms with Crippen LogP contribution >= 0.6 is 0 Å². The number of rotatable bonds is 11. The Morgan fingerprint density at radius 2 is 1.80 bits per heavy atom. The van der Waals surface area contributed by atoms with Crippen LogP contribution in [-0.4, -0.2) is 25.8 Å². The van der Waals surface area contributed by atoms with Crippen LogP contribution < -0.4 is 5.32 Å². The molecule has 112 valence electrons. The van der Waals surface area contributed by atoms with Crippen molar-refractivity contribution in [2.75, 3.05) is 19.8 Å². The average Bonchev–Trinajstić information content (AvgIpc) is 2.45. The van der Waals surface area contributed by atoms with Crippen LogP contribution in [0.2, 0.25) is 0 Å². The molecule has 0 aliphatic carbocycles. The summed E-state index contributed by atoms with van der Waals surface area (Å²) >= 11 is 0. The van der Waals surface area contributed by atoms with Crippen molar-refractivity contribution in [3.05, 3.63) is 42.0 Å². The predicted molar refractivity (Wildman–Crippen MR) is 87.9 cm³/mol. The van der Waals surface area contributed by atoms with Gasteiger partial charge in [0, 0.05) is 12.6 Å². The minimum atomic E-state index is 0.606. The Balaban J connectivity index is 1.87. The van der Waals surface area contributed by atoms with Gasteiger partial charge in [-0.1, -0.05) is 69.2 Å². The molecule has 0 atom stereocenters. The van der Waals surface area contributed by atoms with Gasteiger partial charge in [-0.2, -0.15) is 0 Å². The van der Waals surface area contributed by atoms with E-state index in [0.717, 1.165) is 13.2 Å². The van der Waals surface area contributed by atoms with Crippen molar-refractivity contribution in [3.8, 4) is 0 Å². The maximum absolute atomic E-state index is 5.60. The molecule has 0 fully saturated rings. The number of unbranched alkanes of at least 4 members (excludes halogenated alkanes) is 3. The Kier molecular flexibility index (Phi) is 9.89. The fraction of sp³-hybridized carbons (Fsp3) is 0.556. The molecule has 0 unspecified atom stereocenters. The van der Waals surface area contributed by atoms with Gasteiger partial charge in [-0.05, 0) is 24.9 Å². The van der Waals surface area contributed by atoms with E-state index in [0.29, 0.717) is 12.6 Å². The summed E-state index contributed by atoms with van der Waals surface area (Å²) in [6.07, 6.45) is 9.19. The first kappa shape index (κ1) is 16.9. The van der Waals surface area contributed by atoms with E-state index >= 15 is 0 Å². The summed E-state index contributed by atoms with van der Waals surface area (Å²) in [7, 11) is 0. The van der Waals surface area contributed by atoms with Crippen LogP contribution in [0.4, 0.5) is 0 Å². The maximum atomic E-state index is 5.60. The second-order valence-electron chi connectivity index (χ2n) is 5.41. The highest BCUT2D eigenvalue weighted by Crippen LogP contribution is 2.02. The Morgan fingerprint density at radius 1 is 1.05 bits per heavy atom. The van der Waals surface area contributed by atoms with Crippen LogP contribution in [0.5, 0.6) is 0 Å². The molecule has 0 saturated carbocycles. The maximum Gasteiger partial charge on any atom is 0.0650 e. The summed E-state index contributed by atoms with van der Waals surface area (Å²) < 4.78 is 5.60. The summed E-state index contributed by atoms with van der Waals surface area (Å²) in [6.45, 7) is 7.10. The molecule has 2 heteroatoms. The number of hydrogen-bond donors (Lipinski definition) is 1. The van der Waals surface area contributed by atoms with E-state index in [1.54, 1.807) is 0 Å². The molecule has 1 N–H and O–H groups in total. The van der Waals surface area contributed by atoms with E-state index in [1.807, 2.05) is 6.07 Å². The lowest BCUT2D eigenvalue weighted by Crippen LogP contribution is -2.23. The zero-order valence-electron chi connectivity index (χ0n) is 13.0. The van der Waals surface area contributed by atoms with Gasteiger partial charge in [-0.25, -0.2) is 0 Å². The van der Waals surface area contributed by atoms with E-state index in [9.17, 15) is 0 Å². The molecule has 0 bridgehead atoms. The minimum absolute atomic E-state index is 0.606. The lowest BCUT2D eigenvalue weighted by atomic mass is 10.2. The second kappa shape index (κ2) is 11.7. The average molecular weight is 275 g/mol. The van der Waals surface area contributed by atoms with Gasteiger partial charge < -0.3 is 10.1 Å². The second-order valence-corrected chi connectivity index (χ2v) is 5.41. The molecule has 0 saturated heterocycles. The first-order valence-electron chi connectivity index (χ1n) is 7.82.